The molecule has 0 heterocycles. The molecule has 0 bridgehead atoms. The topological polar surface area (TPSA) is 0 Å². The molecule has 12 heavy (non-hydrogen) atoms. The zero-order chi connectivity index (χ0) is 9.89. The molecule has 1 aliphatic rings. The first kappa shape index (κ1) is 12.9. The average molecular weight is 277 g/mol. The summed E-state index contributed by atoms with van der Waals surface area (Å²) in [4.78, 5) is 0. The Morgan fingerprint density at radius 1 is 0.583 bits per heavy atom. The molecule has 0 aromatic heterocycles. The molecule has 0 aliphatic heterocycles. The van der Waals surface area contributed by atoms with Crippen molar-refractivity contribution in [3.63, 3.8) is 0 Å². The first-order chi connectivity index (χ1) is 5.55. The zero-order valence-electron chi connectivity index (χ0n) is 8.62. The van der Waals surface area contributed by atoms with E-state index >= 15 is 0 Å². The molecule has 0 nitrogen and oxygen atoms in total. The van der Waals surface area contributed by atoms with Crippen LogP contribution in [0.1, 0.15) is 34.6 Å². The Kier molecular flexibility index (Phi) is 6.03. The van der Waals surface area contributed by atoms with Crippen LogP contribution in [0.3, 0.4) is 0 Å². The van der Waals surface area contributed by atoms with Crippen LogP contribution >= 0.6 is 9.69 Å². The van der Waals surface area contributed by atoms with Crippen LogP contribution in [0, 0.1) is 29.6 Å². The molecule has 0 saturated heterocycles. The molecule has 0 aromatic carbocycles. The van der Waals surface area contributed by atoms with E-state index in [9.17, 15) is 0 Å². The van der Waals surface area contributed by atoms with Crippen molar-refractivity contribution in [2.24, 2.45) is 29.6 Å². The standard InChI is InChI=1S/C10H20.ClH.Ru/c1-6-7(2)9(4)10(5)8(6)3;;/h6-10H,1-5H3;1H;/q;;+1/p-1. The van der Waals surface area contributed by atoms with Gasteiger partial charge in [0.1, 0.15) is 0 Å². The number of halogens is 1. The Balaban J connectivity index is 0.000000561. The molecule has 0 spiro atoms. The third-order valence-corrected chi connectivity index (χ3v) is 4.15. The number of rotatable bonds is 0. The van der Waals surface area contributed by atoms with E-state index in [1.807, 2.05) is 17.3 Å². The average Bonchev–Trinajstić information content (AvgIpc) is 2.27. The summed E-state index contributed by atoms with van der Waals surface area (Å²) in [6, 6.07) is 0. The maximum atomic E-state index is 4.57. The van der Waals surface area contributed by atoms with Crippen LogP contribution in [-0.4, -0.2) is 0 Å². The van der Waals surface area contributed by atoms with Crippen molar-refractivity contribution >= 4 is 9.69 Å². The minimum absolute atomic E-state index is 0.935. The van der Waals surface area contributed by atoms with Crippen LogP contribution < -0.4 is 0 Å². The predicted molar refractivity (Wildman–Crippen MR) is 51.7 cm³/mol. The van der Waals surface area contributed by atoms with Gasteiger partial charge < -0.3 is 0 Å². The molecular formula is C10H20ClRu. The van der Waals surface area contributed by atoms with Crippen molar-refractivity contribution in [2.75, 3.05) is 0 Å². The molecule has 1 fully saturated rings. The quantitative estimate of drug-likeness (QED) is 0.589. The van der Waals surface area contributed by atoms with Gasteiger partial charge >= 0.3 is 27.0 Å². The van der Waals surface area contributed by atoms with E-state index in [-0.39, 0.29) is 0 Å². The van der Waals surface area contributed by atoms with E-state index in [0.717, 1.165) is 29.6 Å². The van der Waals surface area contributed by atoms with E-state index in [4.69, 9.17) is 0 Å². The molecule has 0 radical (unpaired) electrons. The second-order valence-electron chi connectivity index (χ2n) is 4.30. The maximum absolute atomic E-state index is 4.57. The summed E-state index contributed by atoms with van der Waals surface area (Å²) in [6.07, 6.45) is 0. The van der Waals surface area contributed by atoms with Gasteiger partial charge in [-0.15, -0.1) is 0 Å². The molecule has 0 amide bonds. The van der Waals surface area contributed by atoms with Gasteiger partial charge in [0, 0.05) is 0 Å². The summed E-state index contributed by atoms with van der Waals surface area (Å²) in [5.74, 6) is 4.68. The van der Waals surface area contributed by atoms with Gasteiger partial charge in [-0.2, -0.15) is 0 Å². The van der Waals surface area contributed by atoms with Crippen molar-refractivity contribution in [1.29, 1.82) is 0 Å². The van der Waals surface area contributed by atoms with E-state index in [0.29, 0.717) is 0 Å². The van der Waals surface area contributed by atoms with Crippen LogP contribution in [0.2, 0.25) is 0 Å². The van der Waals surface area contributed by atoms with E-state index in [1.54, 1.807) is 0 Å². The summed E-state index contributed by atoms with van der Waals surface area (Å²) >= 11 is 1.82. The predicted octanol–water partition coefficient (Wildman–Crippen LogP) is 3.87. The molecule has 1 aliphatic carbocycles. The number of hydrogen-bond donors (Lipinski definition) is 0. The van der Waals surface area contributed by atoms with E-state index in [1.165, 1.54) is 0 Å². The van der Waals surface area contributed by atoms with Gasteiger partial charge in [0.25, 0.3) is 0 Å². The van der Waals surface area contributed by atoms with Crippen LogP contribution in [0.5, 0.6) is 0 Å². The van der Waals surface area contributed by atoms with Gasteiger partial charge in [0.2, 0.25) is 0 Å². The summed E-state index contributed by atoms with van der Waals surface area (Å²) in [5, 5.41) is 0. The first-order valence-corrected chi connectivity index (χ1v) is 6.93. The van der Waals surface area contributed by atoms with Crippen molar-refractivity contribution in [3.8, 4) is 0 Å². The van der Waals surface area contributed by atoms with Gasteiger partial charge in [-0.25, -0.2) is 0 Å². The number of hydrogen-bond acceptors (Lipinski definition) is 0. The fourth-order valence-corrected chi connectivity index (χ4v) is 2.39. The SMILES string of the molecule is CC1C(C)C(C)C(C)C1C.[Cl][Ru]. The monoisotopic (exact) mass is 277 g/mol. The molecule has 0 aromatic rings. The van der Waals surface area contributed by atoms with E-state index in [2.05, 4.69) is 44.3 Å². The third kappa shape index (κ3) is 2.45. The molecule has 75 valence electrons. The Morgan fingerprint density at radius 2 is 0.667 bits per heavy atom. The van der Waals surface area contributed by atoms with Crippen LogP contribution in [0.4, 0.5) is 0 Å². The van der Waals surface area contributed by atoms with Crippen LogP contribution in [0.15, 0.2) is 0 Å². The second-order valence-corrected chi connectivity index (χ2v) is 4.30. The molecule has 0 atom stereocenters. The molecule has 0 unspecified atom stereocenters. The Labute approximate surface area is 91.2 Å². The summed E-state index contributed by atoms with van der Waals surface area (Å²) in [7, 11) is 4.57. The molecule has 0 N–H and O–H groups in total. The Morgan fingerprint density at radius 3 is 0.750 bits per heavy atom. The Hall–Kier alpha value is 0.913. The summed E-state index contributed by atoms with van der Waals surface area (Å²) in [5.41, 5.74) is 0. The zero-order valence-corrected chi connectivity index (χ0v) is 11.1. The minimum atomic E-state index is 0.935. The first-order valence-electron chi connectivity index (χ1n) is 4.69. The van der Waals surface area contributed by atoms with Gasteiger partial charge in [-0.05, 0) is 29.6 Å². The van der Waals surface area contributed by atoms with Crippen molar-refractivity contribution in [1.82, 2.24) is 0 Å². The van der Waals surface area contributed by atoms with Crippen LogP contribution in [0.25, 0.3) is 0 Å². The summed E-state index contributed by atoms with van der Waals surface area (Å²) < 4.78 is 0. The van der Waals surface area contributed by atoms with Gasteiger partial charge in [-0.1, -0.05) is 34.6 Å². The molecule has 1 rings (SSSR count). The normalized spacial score (nSPS) is 46.8. The second kappa shape index (κ2) is 5.60. The van der Waals surface area contributed by atoms with Crippen molar-refractivity contribution in [2.45, 2.75) is 34.6 Å². The fraction of sp³-hybridized carbons (Fsp3) is 1.00. The molecule has 1 saturated carbocycles. The van der Waals surface area contributed by atoms with Crippen molar-refractivity contribution in [3.05, 3.63) is 0 Å². The van der Waals surface area contributed by atoms with Gasteiger partial charge in [0.05, 0.1) is 0 Å². The summed E-state index contributed by atoms with van der Waals surface area (Å²) in [6.45, 7) is 12.0. The Bertz CT molecular complexity index is 82.2. The van der Waals surface area contributed by atoms with Crippen molar-refractivity contribution < 1.29 is 17.3 Å². The molecule has 2 heteroatoms. The van der Waals surface area contributed by atoms with E-state index < -0.39 is 0 Å². The van der Waals surface area contributed by atoms with Gasteiger partial charge in [0.15, 0.2) is 0 Å². The van der Waals surface area contributed by atoms with Gasteiger partial charge in [-0.3, -0.25) is 0 Å². The van der Waals surface area contributed by atoms with Crippen LogP contribution in [-0.2, 0) is 17.3 Å². The third-order valence-electron chi connectivity index (χ3n) is 4.15. The fourth-order valence-electron chi connectivity index (χ4n) is 2.39. The molecular weight excluding hydrogens is 257 g/mol.